The lowest BCUT2D eigenvalue weighted by Crippen LogP contribution is -2.44. The molecule has 1 unspecified atom stereocenters. The Bertz CT molecular complexity index is 509. The highest BCUT2D eigenvalue weighted by molar-refractivity contribution is 7.99. The monoisotopic (exact) mass is 294 g/mol. The highest BCUT2D eigenvalue weighted by atomic mass is 32.2. The van der Waals surface area contributed by atoms with Crippen LogP contribution in [-0.4, -0.2) is 28.8 Å². The molecule has 0 radical (unpaired) electrons. The smallest absolute Gasteiger partial charge is 0.129 e. The van der Waals surface area contributed by atoms with Crippen LogP contribution in [0.4, 0.5) is 4.39 Å². The molecule has 1 aliphatic heterocycles. The van der Waals surface area contributed by atoms with Gasteiger partial charge < -0.3 is 10.4 Å². The van der Waals surface area contributed by atoms with Gasteiger partial charge in [0.1, 0.15) is 5.82 Å². The third kappa shape index (κ3) is 3.72. The van der Waals surface area contributed by atoms with E-state index in [9.17, 15) is 9.50 Å². The topological polar surface area (TPSA) is 56.0 Å². The van der Waals surface area contributed by atoms with Crippen LogP contribution < -0.4 is 5.32 Å². The van der Waals surface area contributed by atoms with Crippen molar-refractivity contribution in [3.05, 3.63) is 35.1 Å². The Balaban J connectivity index is 1.98. The van der Waals surface area contributed by atoms with E-state index in [1.807, 2.05) is 24.8 Å². The molecule has 2 N–H and O–H groups in total. The minimum absolute atomic E-state index is 0.193. The molecule has 1 aromatic rings. The van der Waals surface area contributed by atoms with Crippen molar-refractivity contribution in [2.45, 2.75) is 31.4 Å². The fraction of sp³-hybridized carbons (Fsp3) is 0.533. The fourth-order valence-corrected chi connectivity index (χ4v) is 3.58. The molecule has 1 saturated heterocycles. The molecule has 0 amide bonds. The van der Waals surface area contributed by atoms with Crippen LogP contribution in [0.25, 0.3) is 0 Å². The van der Waals surface area contributed by atoms with Gasteiger partial charge in [-0.2, -0.15) is 17.0 Å². The largest absolute Gasteiger partial charge is 0.389 e. The molecule has 0 saturated carbocycles. The van der Waals surface area contributed by atoms with Crippen molar-refractivity contribution >= 4 is 11.8 Å². The molecule has 0 aliphatic carbocycles. The minimum atomic E-state index is -0.678. The lowest BCUT2D eigenvalue weighted by Gasteiger charge is -2.33. The van der Waals surface area contributed by atoms with Crippen molar-refractivity contribution < 1.29 is 9.50 Å². The van der Waals surface area contributed by atoms with Crippen molar-refractivity contribution in [1.29, 1.82) is 5.26 Å². The number of nitrogens with zero attached hydrogens (tertiary/aromatic N) is 1. The second-order valence-electron chi connectivity index (χ2n) is 5.29. The maximum atomic E-state index is 13.9. The molecule has 3 nitrogen and oxygen atoms in total. The van der Waals surface area contributed by atoms with E-state index in [0.717, 1.165) is 24.3 Å². The van der Waals surface area contributed by atoms with Gasteiger partial charge in [-0.3, -0.25) is 0 Å². The zero-order valence-corrected chi connectivity index (χ0v) is 12.3. The van der Waals surface area contributed by atoms with Crippen LogP contribution in [0.1, 0.15) is 36.9 Å². The van der Waals surface area contributed by atoms with Gasteiger partial charge in [0.05, 0.1) is 17.2 Å². The Labute approximate surface area is 123 Å². The van der Waals surface area contributed by atoms with E-state index in [-0.39, 0.29) is 11.9 Å². The van der Waals surface area contributed by atoms with E-state index in [2.05, 4.69) is 5.32 Å². The summed E-state index contributed by atoms with van der Waals surface area (Å²) in [5.41, 5.74) is 0.168. The molecule has 1 aromatic carbocycles. The first-order valence-corrected chi connectivity index (χ1v) is 7.93. The molecule has 1 fully saturated rings. The van der Waals surface area contributed by atoms with E-state index in [1.54, 1.807) is 12.1 Å². The molecule has 0 aromatic heterocycles. The van der Waals surface area contributed by atoms with Gasteiger partial charge in [-0.05, 0) is 43.4 Å². The van der Waals surface area contributed by atoms with Gasteiger partial charge >= 0.3 is 0 Å². The van der Waals surface area contributed by atoms with Gasteiger partial charge in [0.25, 0.3) is 0 Å². The Morgan fingerprint density at radius 1 is 1.50 bits per heavy atom. The quantitative estimate of drug-likeness (QED) is 0.896. The fourth-order valence-electron chi connectivity index (χ4n) is 2.33. The maximum absolute atomic E-state index is 13.9. The van der Waals surface area contributed by atoms with E-state index in [1.165, 1.54) is 6.07 Å². The number of nitrogens with one attached hydrogen (secondary N) is 1. The summed E-state index contributed by atoms with van der Waals surface area (Å²) in [6.07, 6.45) is 1.54. The van der Waals surface area contributed by atoms with E-state index < -0.39 is 5.60 Å². The Morgan fingerprint density at radius 2 is 2.20 bits per heavy atom. The van der Waals surface area contributed by atoms with E-state index in [0.29, 0.717) is 17.7 Å². The molecule has 5 heteroatoms. The zero-order valence-electron chi connectivity index (χ0n) is 11.5. The molecule has 0 bridgehead atoms. The summed E-state index contributed by atoms with van der Waals surface area (Å²) in [4.78, 5) is 0. The second-order valence-corrected chi connectivity index (χ2v) is 6.51. The number of hydrogen-bond acceptors (Lipinski definition) is 4. The lowest BCUT2D eigenvalue weighted by atomic mass is 9.96. The summed E-state index contributed by atoms with van der Waals surface area (Å²) in [7, 11) is 0. The van der Waals surface area contributed by atoms with Crippen molar-refractivity contribution in [2.24, 2.45) is 0 Å². The van der Waals surface area contributed by atoms with E-state index in [4.69, 9.17) is 5.26 Å². The van der Waals surface area contributed by atoms with Crippen LogP contribution in [0, 0.1) is 17.1 Å². The van der Waals surface area contributed by atoms with Gasteiger partial charge in [0.2, 0.25) is 0 Å². The van der Waals surface area contributed by atoms with Crippen molar-refractivity contribution in [1.82, 2.24) is 5.32 Å². The molecule has 20 heavy (non-hydrogen) atoms. The predicted octanol–water partition coefficient (Wildman–Crippen LogP) is 2.61. The Kier molecular flexibility index (Phi) is 5.03. The molecule has 0 spiro atoms. The second kappa shape index (κ2) is 6.57. The first-order valence-electron chi connectivity index (χ1n) is 6.77. The SMILES string of the molecule is CC(NCC1(O)CCSCC1)c1ccc(C#N)cc1F. The summed E-state index contributed by atoms with van der Waals surface area (Å²) in [5.74, 6) is 1.56. The van der Waals surface area contributed by atoms with Gasteiger partial charge in [-0.1, -0.05) is 6.07 Å². The first-order chi connectivity index (χ1) is 9.54. The van der Waals surface area contributed by atoms with Crippen molar-refractivity contribution in [3.8, 4) is 6.07 Å². The van der Waals surface area contributed by atoms with Gasteiger partial charge in [-0.25, -0.2) is 4.39 Å². The number of thioether (sulfide) groups is 1. The summed E-state index contributed by atoms with van der Waals surface area (Å²) >= 11 is 1.86. The first kappa shape index (κ1) is 15.3. The summed E-state index contributed by atoms with van der Waals surface area (Å²) in [6, 6.07) is 6.22. The summed E-state index contributed by atoms with van der Waals surface area (Å²) in [6.45, 7) is 2.33. The minimum Gasteiger partial charge on any atom is -0.389 e. The number of hydrogen-bond donors (Lipinski definition) is 2. The number of nitriles is 1. The molecule has 108 valence electrons. The van der Waals surface area contributed by atoms with Crippen LogP contribution in [0.2, 0.25) is 0 Å². The molecule has 1 heterocycles. The average Bonchev–Trinajstić information content (AvgIpc) is 2.45. The zero-order chi connectivity index (χ0) is 14.6. The summed E-state index contributed by atoms with van der Waals surface area (Å²) in [5, 5.41) is 22.3. The number of benzene rings is 1. The Morgan fingerprint density at radius 3 is 2.80 bits per heavy atom. The summed E-state index contributed by atoms with van der Waals surface area (Å²) < 4.78 is 13.9. The molecular weight excluding hydrogens is 275 g/mol. The predicted molar refractivity (Wildman–Crippen MR) is 79.0 cm³/mol. The third-order valence-corrected chi connectivity index (χ3v) is 4.74. The van der Waals surface area contributed by atoms with Crippen LogP contribution in [0.15, 0.2) is 18.2 Å². The Hall–Kier alpha value is -1.09. The number of halogens is 1. The van der Waals surface area contributed by atoms with Crippen LogP contribution >= 0.6 is 11.8 Å². The van der Waals surface area contributed by atoms with Crippen molar-refractivity contribution in [3.63, 3.8) is 0 Å². The normalized spacial score (nSPS) is 19.3. The lowest BCUT2D eigenvalue weighted by molar-refractivity contribution is 0.0299. The molecule has 1 aliphatic rings. The van der Waals surface area contributed by atoms with Gasteiger partial charge in [0, 0.05) is 18.2 Å². The van der Waals surface area contributed by atoms with Gasteiger partial charge in [0.15, 0.2) is 0 Å². The number of aliphatic hydroxyl groups is 1. The molecule has 1 atom stereocenters. The molecular formula is C15H19FN2OS. The van der Waals surface area contributed by atoms with Crippen LogP contribution in [-0.2, 0) is 0 Å². The highest BCUT2D eigenvalue weighted by Crippen LogP contribution is 2.27. The van der Waals surface area contributed by atoms with Crippen LogP contribution in [0.5, 0.6) is 0 Å². The maximum Gasteiger partial charge on any atom is 0.129 e. The standard InChI is InChI=1S/C15H19FN2OS/c1-11(13-3-2-12(9-17)8-14(13)16)18-10-15(19)4-6-20-7-5-15/h2-3,8,11,18-19H,4-7,10H2,1H3. The number of rotatable bonds is 4. The third-order valence-electron chi connectivity index (χ3n) is 3.76. The molecule has 2 rings (SSSR count). The van der Waals surface area contributed by atoms with Crippen LogP contribution in [0.3, 0.4) is 0 Å². The van der Waals surface area contributed by atoms with Crippen molar-refractivity contribution in [2.75, 3.05) is 18.1 Å². The van der Waals surface area contributed by atoms with Gasteiger partial charge in [-0.15, -0.1) is 0 Å². The average molecular weight is 294 g/mol. The van der Waals surface area contributed by atoms with E-state index >= 15 is 0 Å². The highest BCUT2D eigenvalue weighted by Gasteiger charge is 2.29.